The molecule has 0 unspecified atom stereocenters. The lowest BCUT2D eigenvalue weighted by Crippen LogP contribution is -2.13. The number of ether oxygens (including phenoxy) is 1. The lowest BCUT2D eigenvalue weighted by molar-refractivity contribution is -0.111. The molecule has 6 nitrogen and oxygen atoms in total. The van der Waals surface area contributed by atoms with Gasteiger partial charge < -0.3 is 10.1 Å². The summed E-state index contributed by atoms with van der Waals surface area (Å²) in [4.78, 5) is 12.2. The maximum Gasteiger partial charge on any atom is 0.261 e. The summed E-state index contributed by atoms with van der Waals surface area (Å²) in [6, 6.07) is 19.5. The minimum atomic E-state index is -3.75. The molecule has 1 amide bonds. The van der Waals surface area contributed by atoms with E-state index in [0.717, 1.165) is 11.3 Å². The largest absolute Gasteiger partial charge is 0.497 e. The summed E-state index contributed by atoms with van der Waals surface area (Å²) in [6.07, 6.45) is 3.07. The van der Waals surface area contributed by atoms with Crippen molar-refractivity contribution >= 4 is 45.0 Å². The first-order valence-electron chi connectivity index (χ1n) is 8.87. The molecule has 0 aliphatic heterocycles. The summed E-state index contributed by atoms with van der Waals surface area (Å²) in [5.41, 5.74) is 1.73. The van der Waals surface area contributed by atoms with Crippen LogP contribution in [0, 0.1) is 0 Å². The van der Waals surface area contributed by atoms with E-state index in [1.165, 1.54) is 30.3 Å². The van der Waals surface area contributed by atoms with Gasteiger partial charge in [-0.05, 0) is 72.3 Å². The van der Waals surface area contributed by atoms with Crippen molar-refractivity contribution in [2.24, 2.45) is 0 Å². The number of nitrogens with one attached hydrogen (secondary N) is 2. The first kappa shape index (κ1) is 21.4. The molecule has 3 rings (SSSR count). The normalized spacial score (nSPS) is 11.3. The molecule has 0 saturated carbocycles. The van der Waals surface area contributed by atoms with E-state index in [1.54, 1.807) is 49.6 Å². The Hall–Kier alpha value is -3.29. The quantitative estimate of drug-likeness (QED) is 0.514. The third kappa shape index (κ3) is 5.85. The lowest BCUT2D eigenvalue weighted by atomic mass is 10.2. The van der Waals surface area contributed by atoms with Gasteiger partial charge in [0.15, 0.2) is 0 Å². The molecule has 0 aliphatic rings. The summed E-state index contributed by atoms with van der Waals surface area (Å²) in [5, 5.41) is 3.20. The van der Waals surface area contributed by atoms with Crippen LogP contribution in [0.4, 0.5) is 11.4 Å². The van der Waals surface area contributed by atoms with Crippen LogP contribution in [0.5, 0.6) is 5.75 Å². The number of amides is 1. The molecule has 0 bridgehead atoms. The Morgan fingerprint density at radius 3 is 2.10 bits per heavy atom. The predicted octanol–water partition coefficient (Wildman–Crippen LogP) is 4.80. The molecule has 0 spiro atoms. The topological polar surface area (TPSA) is 84.5 Å². The summed E-state index contributed by atoms with van der Waals surface area (Å²) in [6.45, 7) is 0. The number of carbonyl (C=O) groups is 1. The van der Waals surface area contributed by atoms with Crippen LogP contribution in [0.25, 0.3) is 6.08 Å². The van der Waals surface area contributed by atoms with E-state index in [-0.39, 0.29) is 10.8 Å². The van der Waals surface area contributed by atoms with Crippen LogP contribution in [-0.4, -0.2) is 21.4 Å². The number of anilines is 2. The van der Waals surface area contributed by atoms with E-state index in [1.807, 2.05) is 12.1 Å². The first-order valence-corrected chi connectivity index (χ1v) is 10.7. The number of sulfonamides is 1. The Labute approximate surface area is 180 Å². The van der Waals surface area contributed by atoms with Crippen LogP contribution in [0.2, 0.25) is 5.02 Å². The first-order chi connectivity index (χ1) is 14.4. The maximum absolute atomic E-state index is 12.5. The number of halogens is 1. The predicted molar refractivity (Wildman–Crippen MR) is 119 cm³/mol. The zero-order chi connectivity index (χ0) is 21.6. The van der Waals surface area contributed by atoms with Crippen molar-refractivity contribution < 1.29 is 17.9 Å². The third-order valence-electron chi connectivity index (χ3n) is 4.07. The number of hydrogen-bond donors (Lipinski definition) is 2. The summed E-state index contributed by atoms with van der Waals surface area (Å²) in [5.74, 6) is 0.401. The van der Waals surface area contributed by atoms with Gasteiger partial charge in [0.05, 0.1) is 12.0 Å². The SMILES string of the molecule is COc1ccc(/C=C/C(=O)Nc2ccc(S(=O)(=O)Nc3ccc(Cl)cc3)cc2)cc1. The molecular formula is C22H19ClN2O4S. The standard InChI is InChI=1S/C22H19ClN2O4S/c1-29-20-11-2-16(3-12-20)4-15-22(26)24-18-9-13-21(14-10-18)30(27,28)25-19-7-5-17(23)6-8-19/h2-15,25H,1H3,(H,24,26)/b15-4+. The smallest absolute Gasteiger partial charge is 0.261 e. The van der Waals surface area contributed by atoms with Crippen molar-refractivity contribution in [3.05, 3.63) is 89.5 Å². The Morgan fingerprint density at radius 1 is 0.900 bits per heavy atom. The minimum Gasteiger partial charge on any atom is -0.497 e. The summed E-state index contributed by atoms with van der Waals surface area (Å²) < 4.78 is 32.5. The highest BCUT2D eigenvalue weighted by molar-refractivity contribution is 7.92. The van der Waals surface area contributed by atoms with E-state index in [9.17, 15) is 13.2 Å². The van der Waals surface area contributed by atoms with Gasteiger partial charge in [-0.3, -0.25) is 9.52 Å². The summed E-state index contributed by atoms with van der Waals surface area (Å²) in [7, 11) is -2.17. The van der Waals surface area contributed by atoms with Gasteiger partial charge in [-0.15, -0.1) is 0 Å². The second-order valence-electron chi connectivity index (χ2n) is 6.23. The molecule has 154 valence electrons. The van der Waals surface area contributed by atoms with Gasteiger partial charge in [-0.1, -0.05) is 23.7 Å². The van der Waals surface area contributed by atoms with Crippen LogP contribution in [0.1, 0.15) is 5.56 Å². The second kappa shape index (κ2) is 9.47. The third-order valence-corrected chi connectivity index (χ3v) is 5.72. The Kier molecular flexibility index (Phi) is 6.76. The van der Waals surface area contributed by atoms with Gasteiger partial charge in [0.1, 0.15) is 5.75 Å². The molecule has 30 heavy (non-hydrogen) atoms. The van der Waals surface area contributed by atoms with E-state index >= 15 is 0 Å². The fraction of sp³-hybridized carbons (Fsp3) is 0.0455. The fourth-order valence-corrected chi connectivity index (χ4v) is 3.70. The van der Waals surface area contributed by atoms with Crippen LogP contribution >= 0.6 is 11.6 Å². The van der Waals surface area contributed by atoms with Crippen LogP contribution in [0.3, 0.4) is 0 Å². The molecule has 3 aromatic rings. The van der Waals surface area contributed by atoms with Crippen molar-refractivity contribution in [1.29, 1.82) is 0 Å². The number of methoxy groups -OCH3 is 1. The van der Waals surface area contributed by atoms with E-state index < -0.39 is 10.0 Å². The van der Waals surface area contributed by atoms with E-state index in [4.69, 9.17) is 16.3 Å². The van der Waals surface area contributed by atoms with Crippen LogP contribution in [0.15, 0.2) is 83.8 Å². The fourth-order valence-electron chi connectivity index (χ4n) is 2.52. The van der Waals surface area contributed by atoms with Crippen molar-refractivity contribution in [2.75, 3.05) is 17.1 Å². The van der Waals surface area contributed by atoms with Gasteiger partial charge in [-0.2, -0.15) is 0 Å². The molecule has 0 atom stereocenters. The van der Waals surface area contributed by atoms with E-state index in [0.29, 0.717) is 16.4 Å². The van der Waals surface area contributed by atoms with Crippen LogP contribution in [-0.2, 0) is 14.8 Å². The minimum absolute atomic E-state index is 0.0734. The number of rotatable bonds is 7. The van der Waals surface area contributed by atoms with Crippen molar-refractivity contribution in [3.8, 4) is 5.75 Å². The molecule has 0 saturated heterocycles. The molecule has 0 aliphatic carbocycles. The zero-order valence-corrected chi connectivity index (χ0v) is 17.6. The number of benzene rings is 3. The summed E-state index contributed by atoms with van der Waals surface area (Å²) >= 11 is 5.81. The highest BCUT2D eigenvalue weighted by Crippen LogP contribution is 2.20. The average molecular weight is 443 g/mol. The maximum atomic E-state index is 12.5. The molecule has 8 heteroatoms. The van der Waals surface area contributed by atoms with Crippen molar-refractivity contribution in [3.63, 3.8) is 0 Å². The van der Waals surface area contributed by atoms with Gasteiger partial charge >= 0.3 is 0 Å². The zero-order valence-electron chi connectivity index (χ0n) is 16.0. The Balaban J connectivity index is 1.62. The van der Waals surface area contributed by atoms with Crippen LogP contribution < -0.4 is 14.8 Å². The second-order valence-corrected chi connectivity index (χ2v) is 8.35. The molecule has 2 N–H and O–H groups in total. The highest BCUT2D eigenvalue weighted by atomic mass is 35.5. The number of carbonyl (C=O) groups excluding carboxylic acids is 1. The lowest BCUT2D eigenvalue weighted by Gasteiger charge is -2.09. The molecule has 0 radical (unpaired) electrons. The van der Waals surface area contributed by atoms with Crippen molar-refractivity contribution in [1.82, 2.24) is 0 Å². The van der Waals surface area contributed by atoms with Crippen molar-refractivity contribution in [2.45, 2.75) is 4.90 Å². The highest BCUT2D eigenvalue weighted by Gasteiger charge is 2.14. The Morgan fingerprint density at radius 2 is 1.50 bits per heavy atom. The van der Waals surface area contributed by atoms with Gasteiger partial charge in [0.2, 0.25) is 5.91 Å². The molecule has 0 heterocycles. The monoisotopic (exact) mass is 442 g/mol. The number of hydrogen-bond acceptors (Lipinski definition) is 4. The van der Waals surface area contributed by atoms with Gasteiger partial charge in [-0.25, -0.2) is 8.42 Å². The molecule has 0 aromatic heterocycles. The Bertz CT molecular complexity index is 1140. The molecule has 0 fully saturated rings. The molecular weight excluding hydrogens is 424 g/mol. The van der Waals surface area contributed by atoms with Gasteiger partial charge in [0.25, 0.3) is 10.0 Å². The average Bonchev–Trinajstić information content (AvgIpc) is 2.74. The molecule has 3 aromatic carbocycles. The van der Waals surface area contributed by atoms with E-state index in [2.05, 4.69) is 10.0 Å². The van der Waals surface area contributed by atoms with Gasteiger partial charge in [0, 0.05) is 22.5 Å².